The number of hydrogen-bond acceptors (Lipinski definition) is 4. The smallest absolute Gasteiger partial charge is 0.341 e. The van der Waals surface area contributed by atoms with Crippen molar-refractivity contribution >= 4 is 22.6 Å². The van der Waals surface area contributed by atoms with Crippen LogP contribution in [0.5, 0.6) is 0 Å². The summed E-state index contributed by atoms with van der Waals surface area (Å²) in [6, 6.07) is 3.17. The van der Waals surface area contributed by atoms with E-state index in [9.17, 15) is 14.7 Å². The molecule has 1 aromatic heterocycles. The van der Waals surface area contributed by atoms with Crippen molar-refractivity contribution < 1.29 is 14.3 Å². The molecule has 7 heteroatoms. The highest BCUT2D eigenvalue weighted by molar-refractivity contribution is 5.93. The predicted molar refractivity (Wildman–Crippen MR) is 130 cm³/mol. The molecule has 2 aliphatic rings. The highest BCUT2D eigenvalue weighted by Crippen LogP contribution is 2.38. The summed E-state index contributed by atoms with van der Waals surface area (Å²) in [5.74, 6) is -1.72. The van der Waals surface area contributed by atoms with E-state index < -0.39 is 17.2 Å². The Bertz CT molecular complexity index is 1040. The molecule has 1 saturated carbocycles. The van der Waals surface area contributed by atoms with Crippen molar-refractivity contribution in [2.45, 2.75) is 70.8 Å². The molecule has 6 nitrogen and oxygen atoms in total. The van der Waals surface area contributed by atoms with Crippen molar-refractivity contribution in [3.8, 4) is 0 Å². The van der Waals surface area contributed by atoms with Crippen LogP contribution in [0.2, 0.25) is 0 Å². The number of piperazine rings is 1. The minimum atomic E-state index is -1.27. The number of unbranched alkanes of at least 4 members (excludes halogenated alkanes) is 6. The number of benzene rings is 1. The van der Waals surface area contributed by atoms with E-state index in [1.54, 1.807) is 6.07 Å². The lowest BCUT2D eigenvalue weighted by molar-refractivity contribution is 0.0695. The zero-order valence-corrected chi connectivity index (χ0v) is 19.7. The van der Waals surface area contributed by atoms with Gasteiger partial charge in [0.15, 0.2) is 0 Å². The van der Waals surface area contributed by atoms with E-state index in [0.29, 0.717) is 11.2 Å². The van der Waals surface area contributed by atoms with Gasteiger partial charge in [-0.3, -0.25) is 9.69 Å². The quantitative estimate of drug-likeness (QED) is 0.479. The van der Waals surface area contributed by atoms with Gasteiger partial charge >= 0.3 is 5.97 Å². The number of nitrogens with zero attached hydrogens (tertiary/aromatic N) is 3. The largest absolute Gasteiger partial charge is 0.477 e. The summed E-state index contributed by atoms with van der Waals surface area (Å²) < 4.78 is 16.9. The molecule has 0 atom stereocenters. The summed E-state index contributed by atoms with van der Waals surface area (Å²) in [6.45, 7) is 6.65. The van der Waals surface area contributed by atoms with Crippen molar-refractivity contribution in [3.05, 3.63) is 39.9 Å². The number of hydrogen-bond donors (Lipinski definition) is 1. The zero-order valence-electron chi connectivity index (χ0n) is 19.7. The zero-order chi connectivity index (χ0) is 23.4. The molecule has 0 radical (unpaired) electrons. The van der Waals surface area contributed by atoms with Crippen LogP contribution in [0.15, 0.2) is 23.1 Å². The van der Waals surface area contributed by atoms with E-state index in [-0.39, 0.29) is 17.0 Å². The lowest BCUT2D eigenvalue weighted by Gasteiger charge is -2.36. The summed E-state index contributed by atoms with van der Waals surface area (Å²) in [7, 11) is 0. The molecular weight excluding hydrogens is 421 g/mol. The third-order valence-corrected chi connectivity index (χ3v) is 7.06. The molecule has 33 heavy (non-hydrogen) atoms. The molecule has 2 heterocycles. The normalized spacial score (nSPS) is 17.1. The van der Waals surface area contributed by atoms with Crippen molar-refractivity contribution in [2.24, 2.45) is 0 Å². The maximum absolute atomic E-state index is 15.1. The van der Waals surface area contributed by atoms with E-state index in [1.165, 1.54) is 57.2 Å². The number of carbonyl (C=O) groups is 1. The summed E-state index contributed by atoms with van der Waals surface area (Å²) in [6.07, 6.45) is 12.4. The second kappa shape index (κ2) is 10.7. The predicted octanol–water partition coefficient (Wildman–Crippen LogP) is 5.05. The van der Waals surface area contributed by atoms with Crippen LogP contribution in [-0.4, -0.2) is 53.3 Å². The van der Waals surface area contributed by atoms with Gasteiger partial charge in [-0.1, -0.05) is 45.4 Å². The molecular formula is C26H36FN3O3. The third kappa shape index (κ3) is 5.57. The van der Waals surface area contributed by atoms with Gasteiger partial charge < -0.3 is 14.6 Å². The lowest BCUT2D eigenvalue weighted by atomic mass is 10.1. The number of halogens is 1. The average molecular weight is 458 g/mol. The fourth-order valence-electron chi connectivity index (χ4n) is 4.91. The third-order valence-electron chi connectivity index (χ3n) is 7.06. The van der Waals surface area contributed by atoms with Crippen molar-refractivity contribution in [1.82, 2.24) is 9.47 Å². The Labute approximate surface area is 195 Å². The maximum Gasteiger partial charge on any atom is 0.341 e. The fourth-order valence-corrected chi connectivity index (χ4v) is 4.91. The Balaban J connectivity index is 1.42. The second-order valence-corrected chi connectivity index (χ2v) is 9.59. The van der Waals surface area contributed by atoms with Gasteiger partial charge in [-0.15, -0.1) is 0 Å². The summed E-state index contributed by atoms with van der Waals surface area (Å²) in [4.78, 5) is 28.7. The first-order valence-corrected chi connectivity index (χ1v) is 12.6. The number of aromatic nitrogens is 1. The molecule has 2 aromatic rings. The van der Waals surface area contributed by atoms with Crippen LogP contribution >= 0.6 is 0 Å². The number of aromatic carboxylic acids is 1. The van der Waals surface area contributed by atoms with Crippen molar-refractivity contribution in [3.63, 3.8) is 0 Å². The summed E-state index contributed by atoms with van der Waals surface area (Å²) in [5.41, 5.74) is 0.240. The van der Waals surface area contributed by atoms with Crippen LogP contribution in [0, 0.1) is 5.82 Å². The summed E-state index contributed by atoms with van der Waals surface area (Å²) in [5, 5.41) is 9.56. The van der Waals surface area contributed by atoms with Gasteiger partial charge in [-0.25, -0.2) is 9.18 Å². The number of pyridine rings is 1. The van der Waals surface area contributed by atoms with Gasteiger partial charge in [-0.05, 0) is 37.9 Å². The first-order chi connectivity index (χ1) is 16.0. The maximum atomic E-state index is 15.1. The molecule has 0 amide bonds. The van der Waals surface area contributed by atoms with E-state index in [4.69, 9.17) is 0 Å². The Morgan fingerprint density at radius 2 is 1.70 bits per heavy atom. The van der Waals surface area contributed by atoms with Crippen LogP contribution in [0.1, 0.15) is 81.1 Å². The first kappa shape index (κ1) is 23.7. The molecule has 1 aromatic carbocycles. The Morgan fingerprint density at radius 1 is 1.03 bits per heavy atom. The van der Waals surface area contributed by atoms with Crippen LogP contribution in [-0.2, 0) is 0 Å². The number of rotatable bonds is 11. The molecule has 1 aliphatic carbocycles. The van der Waals surface area contributed by atoms with Crippen LogP contribution in [0.3, 0.4) is 0 Å². The fraction of sp³-hybridized carbons (Fsp3) is 0.615. The number of anilines is 1. The Kier molecular flexibility index (Phi) is 7.68. The Hall–Kier alpha value is -2.41. The number of carboxylic acids is 1. The standard InChI is InChI=1S/C26H36FN3O3/c1-2-3-4-5-6-7-8-11-28-12-14-29(15-13-28)24-17-23-20(16-22(24)27)25(31)21(26(32)33)18-30(23)19-9-10-19/h16-19H,2-15H2,1H3,(H,32,33). The molecule has 0 spiro atoms. The van der Waals surface area contributed by atoms with Gasteiger partial charge in [0.25, 0.3) is 0 Å². The van der Waals surface area contributed by atoms with Gasteiger partial charge in [0.05, 0.1) is 11.2 Å². The van der Waals surface area contributed by atoms with E-state index >= 15 is 4.39 Å². The molecule has 180 valence electrons. The number of fused-ring (bicyclic) bond motifs is 1. The van der Waals surface area contributed by atoms with E-state index in [1.807, 2.05) is 4.57 Å². The van der Waals surface area contributed by atoms with Crippen LogP contribution in [0.25, 0.3) is 10.9 Å². The van der Waals surface area contributed by atoms with E-state index in [0.717, 1.165) is 45.6 Å². The van der Waals surface area contributed by atoms with Gasteiger partial charge in [0, 0.05) is 43.8 Å². The topological polar surface area (TPSA) is 65.8 Å². The molecule has 0 bridgehead atoms. The second-order valence-electron chi connectivity index (χ2n) is 9.59. The molecule has 1 N–H and O–H groups in total. The minimum absolute atomic E-state index is 0.153. The highest BCUT2D eigenvalue weighted by Gasteiger charge is 2.28. The highest BCUT2D eigenvalue weighted by atomic mass is 19.1. The first-order valence-electron chi connectivity index (χ1n) is 12.6. The Morgan fingerprint density at radius 3 is 2.33 bits per heavy atom. The molecule has 4 rings (SSSR count). The van der Waals surface area contributed by atoms with E-state index in [2.05, 4.69) is 16.7 Å². The average Bonchev–Trinajstić information content (AvgIpc) is 3.64. The molecule has 1 aliphatic heterocycles. The summed E-state index contributed by atoms with van der Waals surface area (Å²) >= 11 is 0. The van der Waals surface area contributed by atoms with Crippen LogP contribution < -0.4 is 10.3 Å². The number of carboxylic acid groups (broad SMARTS) is 1. The lowest BCUT2D eigenvalue weighted by Crippen LogP contribution is -2.47. The monoisotopic (exact) mass is 457 g/mol. The molecule has 0 unspecified atom stereocenters. The SMILES string of the molecule is CCCCCCCCCN1CCN(c2cc3c(cc2F)c(=O)c(C(=O)O)cn3C2CC2)CC1. The molecule has 1 saturated heterocycles. The molecule has 2 fully saturated rings. The van der Waals surface area contributed by atoms with Crippen molar-refractivity contribution in [1.29, 1.82) is 0 Å². The van der Waals surface area contributed by atoms with Gasteiger partial charge in [0.1, 0.15) is 11.4 Å². The van der Waals surface area contributed by atoms with Crippen molar-refractivity contribution in [2.75, 3.05) is 37.6 Å². The van der Waals surface area contributed by atoms with Crippen LogP contribution in [0.4, 0.5) is 10.1 Å². The minimum Gasteiger partial charge on any atom is -0.477 e. The van der Waals surface area contributed by atoms with Gasteiger partial charge in [0.2, 0.25) is 5.43 Å². The van der Waals surface area contributed by atoms with Gasteiger partial charge in [-0.2, -0.15) is 0 Å².